The second-order valence-corrected chi connectivity index (χ2v) is 4.84. The highest BCUT2D eigenvalue weighted by atomic mass is 16.5. The van der Waals surface area contributed by atoms with E-state index in [0.29, 0.717) is 24.3 Å². The number of aliphatic carboxylic acids is 2. The number of allylic oxidation sites excluding steroid dienone is 2. The molecule has 5 N–H and O–H groups in total. The molecule has 1 rings (SSSR count). The van der Waals surface area contributed by atoms with Crippen LogP contribution in [0.15, 0.2) is 16.4 Å². The fourth-order valence-electron chi connectivity index (χ4n) is 2.18. The molecule has 9 nitrogen and oxygen atoms in total. The summed E-state index contributed by atoms with van der Waals surface area (Å²) in [6.07, 6.45) is 0.643. The first kappa shape index (κ1) is 17.9. The van der Waals surface area contributed by atoms with Gasteiger partial charge in [-0.05, 0) is 18.8 Å². The van der Waals surface area contributed by atoms with Gasteiger partial charge in [0.05, 0.1) is 25.1 Å². The molecule has 0 spiro atoms. The van der Waals surface area contributed by atoms with Crippen LogP contribution in [0.3, 0.4) is 0 Å². The van der Waals surface area contributed by atoms with Gasteiger partial charge in [-0.1, -0.05) is 0 Å². The number of carboxylic acids is 2. The summed E-state index contributed by atoms with van der Waals surface area (Å²) in [5, 5.41) is 38.8. The Balaban J connectivity index is 3.12. The third-order valence-corrected chi connectivity index (χ3v) is 3.21. The van der Waals surface area contributed by atoms with Gasteiger partial charge in [-0.3, -0.25) is 9.79 Å². The molecule has 0 amide bonds. The van der Waals surface area contributed by atoms with Gasteiger partial charge < -0.3 is 30.5 Å². The zero-order valence-electron chi connectivity index (χ0n) is 12.2. The molecule has 0 bridgehead atoms. The lowest BCUT2D eigenvalue weighted by Gasteiger charge is -2.28. The maximum atomic E-state index is 11.0. The van der Waals surface area contributed by atoms with Gasteiger partial charge in [-0.25, -0.2) is 4.79 Å². The fourth-order valence-corrected chi connectivity index (χ4v) is 2.18. The lowest BCUT2D eigenvalue weighted by atomic mass is 9.89. The van der Waals surface area contributed by atoms with E-state index in [1.165, 1.54) is 7.11 Å². The molecule has 0 fully saturated rings. The summed E-state index contributed by atoms with van der Waals surface area (Å²) >= 11 is 0. The van der Waals surface area contributed by atoms with Crippen molar-refractivity contribution in [1.82, 2.24) is 5.32 Å². The van der Waals surface area contributed by atoms with Crippen molar-refractivity contribution in [2.75, 3.05) is 26.9 Å². The Labute approximate surface area is 126 Å². The van der Waals surface area contributed by atoms with Crippen LogP contribution >= 0.6 is 0 Å². The second kappa shape index (κ2) is 8.35. The van der Waals surface area contributed by atoms with Crippen LogP contribution in [0.1, 0.15) is 12.8 Å². The molecule has 1 aliphatic rings. The lowest BCUT2D eigenvalue weighted by Crippen LogP contribution is -2.42. The summed E-state index contributed by atoms with van der Waals surface area (Å²) in [7, 11) is 1.36. The quantitative estimate of drug-likeness (QED) is 0.375. The Kier molecular flexibility index (Phi) is 6.80. The molecule has 1 unspecified atom stereocenters. The van der Waals surface area contributed by atoms with Crippen molar-refractivity contribution in [2.24, 2.45) is 10.9 Å². The average Bonchev–Trinajstić information content (AvgIpc) is 2.49. The number of aliphatic hydroxyl groups is 2. The summed E-state index contributed by atoms with van der Waals surface area (Å²) in [5.74, 6) is -2.32. The Morgan fingerprint density at radius 2 is 2.05 bits per heavy atom. The minimum Gasteiger partial charge on any atom is -0.493 e. The molecule has 2 atom stereocenters. The molecule has 0 saturated heterocycles. The van der Waals surface area contributed by atoms with Crippen LogP contribution in [0.4, 0.5) is 0 Å². The smallest absolute Gasteiger partial charge is 0.328 e. The molecule has 9 heteroatoms. The van der Waals surface area contributed by atoms with E-state index in [2.05, 4.69) is 10.3 Å². The Hall–Kier alpha value is -2.13. The van der Waals surface area contributed by atoms with Crippen molar-refractivity contribution in [3.8, 4) is 0 Å². The summed E-state index contributed by atoms with van der Waals surface area (Å²) in [5.41, 5.74) is 0.721. The molecule has 1 aliphatic carbocycles. The predicted molar refractivity (Wildman–Crippen MR) is 75.4 cm³/mol. The van der Waals surface area contributed by atoms with Crippen molar-refractivity contribution in [1.29, 1.82) is 0 Å². The first-order valence-corrected chi connectivity index (χ1v) is 6.66. The van der Waals surface area contributed by atoms with E-state index in [0.717, 1.165) is 0 Å². The largest absolute Gasteiger partial charge is 0.493 e. The number of hydrogen-bond acceptors (Lipinski definition) is 7. The summed E-state index contributed by atoms with van der Waals surface area (Å²) < 4.78 is 5.20. The van der Waals surface area contributed by atoms with Gasteiger partial charge in [0.2, 0.25) is 0 Å². The third-order valence-electron chi connectivity index (χ3n) is 3.21. The minimum absolute atomic E-state index is 0.162. The first-order valence-electron chi connectivity index (χ1n) is 6.66. The van der Waals surface area contributed by atoms with E-state index in [1.807, 2.05) is 0 Å². The highest BCUT2D eigenvalue weighted by molar-refractivity contribution is 6.00. The summed E-state index contributed by atoms with van der Waals surface area (Å²) in [4.78, 5) is 25.6. The number of carbonyl (C=O) groups is 2. The maximum Gasteiger partial charge on any atom is 0.328 e. The van der Waals surface area contributed by atoms with Gasteiger partial charge in [0, 0.05) is 6.61 Å². The molecule has 0 aromatic carbocycles. The number of carboxylic acid groups (broad SMARTS) is 2. The Bertz CT molecular complexity index is 487. The number of aliphatic hydroxyl groups excluding tert-OH is 2. The average molecular weight is 316 g/mol. The molecule has 0 aromatic rings. The maximum absolute atomic E-state index is 11.0. The van der Waals surface area contributed by atoms with E-state index in [1.54, 1.807) is 0 Å². The van der Waals surface area contributed by atoms with E-state index in [4.69, 9.17) is 20.1 Å². The number of rotatable bonds is 8. The zero-order chi connectivity index (χ0) is 16.7. The number of nitrogens with zero attached hydrogens (tertiary/aromatic N) is 1. The molecule has 22 heavy (non-hydrogen) atoms. The van der Waals surface area contributed by atoms with Crippen LogP contribution in [-0.4, -0.2) is 71.0 Å². The van der Waals surface area contributed by atoms with Crippen molar-refractivity contribution >= 4 is 17.7 Å². The van der Waals surface area contributed by atoms with Gasteiger partial charge in [0.25, 0.3) is 0 Å². The van der Waals surface area contributed by atoms with Crippen LogP contribution in [0.5, 0.6) is 0 Å². The van der Waals surface area contributed by atoms with Gasteiger partial charge in [0.1, 0.15) is 12.6 Å². The lowest BCUT2D eigenvalue weighted by molar-refractivity contribution is -0.140. The monoisotopic (exact) mass is 316 g/mol. The van der Waals surface area contributed by atoms with Crippen molar-refractivity contribution in [2.45, 2.75) is 18.9 Å². The van der Waals surface area contributed by atoms with Crippen LogP contribution in [0.2, 0.25) is 0 Å². The van der Waals surface area contributed by atoms with Gasteiger partial charge in [-0.15, -0.1) is 0 Å². The van der Waals surface area contributed by atoms with Gasteiger partial charge >= 0.3 is 11.9 Å². The highest BCUT2D eigenvalue weighted by Gasteiger charge is 2.29. The van der Waals surface area contributed by atoms with Crippen LogP contribution in [-0.2, 0) is 14.3 Å². The zero-order valence-corrected chi connectivity index (χ0v) is 12.2. The highest BCUT2D eigenvalue weighted by Crippen LogP contribution is 2.27. The second-order valence-electron chi connectivity index (χ2n) is 4.84. The topological polar surface area (TPSA) is 149 Å². The van der Waals surface area contributed by atoms with Crippen molar-refractivity contribution in [3.05, 3.63) is 11.5 Å². The molecule has 0 heterocycles. The number of aliphatic imine (C=N–C) groups is 1. The normalized spacial score (nSPS) is 21.6. The third kappa shape index (κ3) is 4.71. The van der Waals surface area contributed by atoms with Crippen molar-refractivity contribution < 1.29 is 34.8 Å². The van der Waals surface area contributed by atoms with Gasteiger partial charge in [0.15, 0.2) is 5.76 Å². The first-order chi connectivity index (χ1) is 10.4. The standard InChI is InChI=1S/C13H20N2O7/c1-22-12-8(14-4-11(18)19)2-7(5-16)3-9(12)15-10(6-17)13(20)21/h7,10,15-17H,2-6H2,1H3,(H,18,19)(H,20,21)/t7-,10?/m1/s1. The fraction of sp³-hybridized carbons (Fsp3) is 0.615. The van der Waals surface area contributed by atoms with E-state index < -0.39 is 31.1 Å². The molecule has 124 valence electrons. The molecule has 0 saturated carbocycles. The van der Waals surface area contributed by atoms with Crippen LogP contribution in [0.25, 0.3) is 0 Å². The van der Waals surface area contributed by atoms with E-state index >= 15 is 0 Å². The molecule has 0 aromatic heterocycles. The number of hydrogen-bond donors (Lipinski definition) is 5. The number of ether oxygens (including phenoxy) is 1. The summed E-state index contributed by atoms with van der Waals surface area (Å²) in [6, 6.07) is -1.22. The molecular formula is C13H20N2O7. The number of methoxy groups -OCH3 is 1. The molecular weight excluding hydrogens is 296 g/mol. The minimum atomic E-state index is -1.24. The Morgan fingerprint density at radius 3 is 2.50 bits per heavy atom. The molecule has 0 aliphatic heterocycles. The predicted octanol–water partition coefficient (Wildman–Crippen LogP) is -1.19. The van der Waals surface area contributed by atoms with Crippen molar-refractivity contribution in [3.63, 3.8) is 0 Å². The Morgan fingerprint density at radius 1 is 1.36 bits per heavy atom. The summed E-state index contributed by atoms with van der Waals surface area (Å²) in [6.45, 7) is -1.23. The van der Waals surface area contributed by atoms with E-state index in [9.17, 15) is 14.7 Å². The SMILES string of the molecule is COC1=C(NC(CO)C(=O)O)C[C@H](CO)CC1=NCC(=O)O. The molecule has 0 radical (unpaired) electrons. The van der Waals surface area contributed by atoms with E-state index in [-0.39, 0.29) is 18.3 Å². The van der Waals surface area contributed by atoms with Crippen LogP contribution in [0, 0.1) is 5.92 Å². The van der Waals surface area contributed by atoms with Gasteiger partial charge in [-0.2, -0.15) is 0 Å². The van der Waals surface area contributed by atoms with Crippen LogP contribution < -0.4 is 5.32 Å². The number of nitrogens with one attached hydrogen (secondary N) is 1.